The van der Waals surface area contributed by atoms with E-state index < -0.39 is 23.4 Å². The van der Waals surface area contributed by atoms with Gasteiger partial charge in [0.15, 0.2) is 0 Å². The van der Waals surface area contributed by atoms with Crippen molar-refractivity contribution in [3.8, 4) is 11.1 Å². The normalized spacial score (nSPS) is 20.4. The highest BCUT2D eigenvalue weighted by Gasteiger charge is 2.35. The summed E-state index contributed by atoms with van der Waals surface area (Å²) in [6, 6.07) is 16.3. The van der Waals surface area contributed by atoms with Gasteiger partial charge in [-0.2, -0.15) is 0 Å². The lowest BCUT2D eigenvalue weighted by Gasteiger charge is -2.28. The molecule has 186 valence electrons. The molecule has 1 saturated heterocycles. The first kappa shape index (κ1) is 24.7. The van der Waals surface area contributed by atoms with Crippen LogP contribution in [0.2, 0.25) is 0 Å². The maximum Gasteiger partial charge on any atom is 0.407 e. The van der Waals surface area contributed by atoms with E-state index in [1.807, 2.05) is 31.2 Å². The summed E-state index contributed by atoms with van der Waals surface area (Å²) in [4.78, 5) is 36.5. The van der Waals surface area contributed by atoms with Crippen LogP contribution in [0.3, 0.4) is 0 Å². The van der Waals surface area contributed by atoms with Crippen LogP contribution >= 0.6 is 0 Å². The second-order valence-corrected chi connectivity index (χ2v) is 9.53. The number of carbonyl (C=O) groups excluding carboxylic acids is 2. The third-order valence-electron chi connectivity index (χ3n) is 7.22. The fraction of sp³-hybridized carbons (Fsp3) is 0.444. The highest BCUT2D eigenvalue weighted by atomic mass is 16.5. The maximum absolute atomic E-state index is 12.8. The number of benzene rings is 2. The second kappa shape index (κ2) is 10.5. The zero-order chi connectivity index (χ0) is 25.0. The molecular formula is C27H32N2O6. The number of nitrogens with one attached hydrogen (secondary N) is 2. The van der Waals surface area contributed by atoms with Gasteiger partial charge in [-0.25, -0.2) is 4.79 Å². The molecule has 1 aliphatic carbocycles. The van der Waals surface area contributed by atoms with Crippen molar-refractivity contribution in [1.29, 1.82) is 0 Å². The molecule has 0 radical (unpaired) electrons. The van der Waals surface area contributed by atoms with Gasteiger partial charge in [0.25, 0.3) is 0 Å². The van der Waals surface area contributed by atoms with Crippen molar-refractivity contribution in [1.82, 2.24) is 10.6 Å². The fourth-order valence-electron chi connectivity index (χ4n) is 4.72. The zero-order valence-electron chi connectivity index (χ0n) is 20.1. The Bertz CT molecular complexity index is 1060. The lowest BCUT2D eigenvalue weighted by Crippen LogP contribution is -2.48. The molecule has 35 heavy (non-hydrogen) atoms. The van der Waals surface area contributed by atoms with Gasteiger partial charge in [0, 0.05) is 19.0 Å². The van der Waals surface area contributed by atoms with E-state index in [1.165, 1.54) is 0 Å². The van der Waals surface area contributed by atoms with Gasteiger partial charge < -0.3 is 25.2 Å². The van der Waals surface area contributed by atoms with Crippen LogP contribution in [-0.4, -0.2) is 55.5 Å². The monoisotopic (exact) mass is 480 g/mol. The van der Waals surface area contributed by atoms with Crippen molar-refractivity contribution < 1.29 is 29.0 Å². The average Bonchev–Trinajstić information content (AvgIpc) is 3.48. The first-order valence-corrected chi connectivity index (χ1v) is 12.0. The Kier molecular flexibility index (Phi) is 7.40. The van der Waals surface area contributed by atoms with Crippen molar-refractivity contribution in [3.05, 3.63) is 59.7 Å². The minimum Gasteiger partial charge on any atom is -0.481 e. The third kappa shape index (κ3) is 5.32. The Labute approximate surface area is 205 Å². The minimum atomic E-state index is -0.885. The smallest absolute Gasteiger partial charge is 0.407 e. The van der Waals surface area contributed by atoms with Crippen LogP contribution in [0.5, 0.6) is 0 Å². The van der Waals surface area contributed by atoms with Crippen LogP contribution in [0.4, 0.5) is 4.79 Å². The van der Waals surface area contributed by atoms with Crippen molar-refractivity contribution in [2.75, 3.05) is 26.3 Å². The lowest BCUT2D eigenvalue weighted by molar-refractivity contribution is -0.141. The van der Waals surface area contributed by atoms with E-state index >= 15 is 0 Å². The Hall–Kier alpha value is -3.39. The van der Waals surface area contributed by atoms with Crippen molar-refractivity contribution in [2.24, 2.45) is 11.3 Å². The molecule has 2 aliphatic rings. The Morgan fingerprint density at radius 2 is 1.69 bits per heavy atom. The van der Waals surface area contributed by atoms with E-state index in [-0.39, 0.29) is 44.2 Å². The number of amides is 2. The third-order valence-corrected chi connectivity index (χ3v) is 7.22. The number of rotatable bonds is 9. The predicted molar refractivity (Wildman–Crippen MR) is 130 cm³/mol. The first-order valence-electron chi connectivity index (χ1n) is 12.0. The number of hydrogen-bond donors (Lipinski definition) is 3. The van der Waals surface area contributed by atoms with E-state index in [9.17, 15) is 14.4 Å². The minimum absolute atomic E-state index is 0.0324. The lowest BCUT2D eigenvalue weighted by atomic mass is 9.86. The predicted octanol–water partition coefficient (Wildman–Crippen LogP) is 3.55. The van der Waals surface area contributed by atoms with Crippen molar-refractivity contribution in [2.45, 2.75) is 38.7 Å². The van der Waals surface area contributed by atoms with Crippen molar-refractivity contribution in [3.63, 3.8) is 0 Å². The summed E-state index contributed by atoms with van der Waals surface area (Å²) in [6.07, 6.45) is -0.0126. The summed E-state index contributed by atoms with van der Waals surface area (Å²) >= 11 is 0. The summed E-state index contributed by atoms with van der Waals surface area (Å²) in [7, 11) is 0. The molecule has 0 aromatic heterocycles. The molecule has 2 amide bonds. The topological polar surface area (TPSA) is 114 Å². The summed E-state index contributed by atoms with van der Waals surface area (Å²) in [5.74, 6) is -1.68. The Balaban J connectivity index is 1.28. The number of alkyl carbamates (subject to hydrolysis) is 1. The maximum atomic E-state index is 12.8. The molecule has 4 rings (SSSR count). The van der Waals surface area contributed by atoms with Gasteiger partial charge >= 0.3 is 12.1 Å². The number of carboxylic acids is 1. The summed E-state index contributed by atoms with van der Waals surface area (Å²) in [5.41, 5.74) is 3.76. The van der Waals surface area contributed by atoms with Crippen molar-refractivity contribution >= 4 is 18.0 Å². The zero-order valence-corrected chi connectivity index (χ0v) is 20.1. The van der Waals surface area contributed by atoms with E-state index in [4.69, 9.17) is 14.6 Å². The van der Waals surface area contributed by atoms with Crippen LogP contribution in [-0.2, 0) is 19.1 Å². The van der Waals surface area contributed by atoms with Crippen LogP contribution in [0, 0.1) is 11.3 Å². The molecule has 1 fully saturated rings. The molecule has 8 heteroatoms. The van der Waals surface area contributed by atoms with Crippen LogP contribution < -0.4 is 10.6 Å². The molecule has 1 heterocycles. The average molecular weight is 481 g/mol. The summed E-state index contributed by atoms with van der Waals surface area (Å²) in [5, 5.41) is 14.7. The molecular weight excluding hydrogens is 448 g/mol. The molecule has 8 nitrogen and oxygen atoms in total. The number of carbonyl (C=O) groups is 3. The first-order chi connectivity index (χ1) is 16.8. The molecule has 0 saturated carbocycles. The second-order valence-electron chi connectivity index (χ2n) is 9.53. The molecule has 0 spiro atoms. The highest BCUT2D eigenvalue weighted by Crippen LogP contribution is 2.44. The van der Waals surface area contributed by atoms with Gasteiger partial charge in [0.1, 0.15) is 6.61 Å². The van der Waals surface area contributed by atoms with Gasteiger partial charge in [-0.1, -0.05) is 55.5 Å². The molecule has 1 unspecified atom stereocenters. The van der Waals surface area contributed by atoms with Gasteiger partial charge in [0.05, 0.1) is 24.0 Å². The van der Waals surface area contributed by atoms with Crippen LogP contribution in [0.1, 0.15) is 43.7 Å². The quantitative estimate of drug-likeness (QED) is 0.506. The van der Waals surface area contributed by atoms with Gasteiger partial charge in [-0.3, -0.25) is 9.59 Å². The van der Waals surface area contributed by atoms with Crippen LogP contribution in [0.15, 0.2) is 48.5 Å². The van der Waals surface area contributed by atoms with Gasteiger partial charge in [-0.15, -0.1) is 0 Å². The summed E-state index contributed by atoms with van der Waals surface area (Å²) in [6.45, 7) is 4.38. The van der Waals surface area contributed by atoms with E-state index in [1.54, 1.807) is 6.92 Å². The van der Waals surface area contributed by atoms with E-state index in [0.717, 1.165) is 22.3 Å². The van der Waals surface area contributed by atoms with Gasteiger partial charge in [-0.05, 0) is 42.0 Å². The molecule has 0 bridgehead atoms. The largest absolute Gasteiger partial charge is 0.481 e. The summed E-state index contributed by atoms with van der Waals surface area (Å²) < 4.78 is 11.0. The molecule has 3 atom stereocenters. The molecule has 2 aromatic carbocycles. The number of carboxylic acid groups (broad SMARTS) is 1. The number of fused-ring (bicyclic) bond motifs is 3. The molecule has 3 N–H and O–H groups in total. The Morgan fingerprint density at radius 1 is 1.06 bits per heavy atom. The molecule has 1 aliphatic heterocycles. The number of aliphatic carboxylic acids is 1. The highest BCUT2D eigenvalue weighted by molar-refractivity contribution is 5.83. The number of hydrogen-bond acceptors (Lipinski definition) is 5. The Morgan fingerprint density at radius 3 is 2.26 bits per heavy atom. The SMILES string of the molecule is CCC(C)(CNC(=O)OCC1c2ccccc2-c2ccccc21)C(=O)NC[C@@H]1C[C@H](C(=O)O)CO1. The van der Waals surface area contributed by atoms with Gasteiger partial charge in [0.2, 0.25) is 5.91 Å². The fourth-order valence-corrected chi connectivity index (χ4v) is 4.72. The van der Waals surface area contributed by atoms with Crippen LogP contribution in [0.25, 0.3) is 11.1 Å². The van der Waals surface area contributed by atoms with E-state index in [0.29, 0.717) is 12.8 Å². The molecule has 2 aromatic rings. The number of ether oxygens (including phenoxy) is 2. The van der Waals surface area contributed by atoms with E-state index in [2.05, 4.69) is 34.9 Å². The standard InChI is InChI=1S/C27H32N2O6/c1-3-27(2,25(32)28-13-18-12-17(14-34-18)24(30)31)16-29-26(33)35-15-23-21-10-6-4-8-19(21)20-9-5-7-11-22(20)23/h4-11,17-18,23H,3,12-16H2,1-2H3,(H,28,32)(H,29,33)(H,30,31)/t17-,18-,27?/m0/s1.